The fourth-order valence-electron chi connectivity index (χ4n) is 3.98. The van der Waals surface area contributed by atoms with Crippen LogP contribution in [0.4, 0.5) is 0 Å². The van der Waals surface area contributed by atoms with E-state index in [0.29, 0.717) is 5.76 Å². The Kier molecular flexibility index (Phi) is 8.23. The zero-order chi connectivity index (χ0) is 25.8. The van der Waals surface area contributed by atoms with Crippen LogP contribution in [-0.4, -0.2) is 39.5 Å². The summed E-state index contributed by atoms with van der Waals surface area (Å²) in [4.78, 5) is 28.0. The van der Waals surface area contributed by atoms with E-state index in [9.17, 15) is 9.59 Å². The topological polar surface area (TPSA) is 80.3 Å². The highest BCUT2D eigenvalue weighted by Gasteiger charge is 2.39. The molecule has 0 atom stereocenters. The third kappa shape index (κ3) is 5.51. The van der Waals surface area contributed by atoms with E-state index in [1.807, 2.05) is 19.1 Å². The first-order valence-electron chi connectivity index (χ1n) is 11.0. The van der Waals surface area contributed by atoms with Crippen molar-refractivity contribution in [2.75, 3.05) is 28.4 Å². The molecule has 35 heavy (non-hydrogen) atoms. The minimum Gasteiger partial charge on any atom is -0.496 e. The highest BCUT2D eigenvalue weighted by molar-refractivity contribution is 7.86. The van der Waals surface area contributed by atoms with E-state index in [-0.39, 0.29) is 39.5 Å². The Hall–Kier alpha value is -3.31. The second-order valence-electron chi connectivity index (χ2n) is 8.71. The van der Waals surface area contributed by atoms with Crippen molar-refractivity contribution in [1.29, 1.82) is 0 Å². The van der Waals surface area contributed by atoms with Gasteiger partial charge in [0, 0.05) is 0 Å². The number of allylic oxidation sites excluding steroid dienone is 3. The van der Waals surface area contributed by atoms with Crippen LogP contribution in [0.2, 0.25) is 0 Å². The Balaban J connectivity index is 2.18. The summed E-state index contributed by atoms with van der Waals surface area (Å²) in [6, 6.07) is 9.99. The largest absolute Gasteiger partial charge is 0.496 e. The molecule has 2 aromatic rings. The van der Waals surface area contributed by atoms with Gasteiger partial charge in [-0.2, -0.15) is 0 Å². The molecule has 0 saturated heterocycles. The molecule has 1 aliphatic rings. The number of hydrogen-bond acceptors (Lipinski definition) is 7. The normalized spacial score (nSPS) is 14.5. The summed E-state index contributed by atoms with van der Waals surface area (Å²) in [6.07, 6.45) is 4.58. The average Bonchev–Trinajstić information content (AvgIpc) is 2.85. The van der Waals surface area contributed by atoms with Crippen molar-refractivity contribution in [2.24, 2.45) is 5.41 Å². The predicted octanol–water partition coefficient (Wildman–Crippen LogP) is 6.38. The van der Waals surface area contributed by atoms with Gasteiger partial charge in [0.25, 0.3) is 0 Å². The molecular weight excluding hydrogens is 467 g/mol. The molecular formula is C27H31O7P. The van der Waals surface area contributed by atoms with Crippen molar-refractivity contribution >= 4 is 19.2 Å². The highest BCUT2D eigenvalue weighted by Crippen LogP contribution is 2.53. The lowest BCUT2D eigenvalue weighted by Gasteiger charge is -2.28. The molecule has 2 aromatic carbocycles. The maximum absolute atomic E-state index is 14.0. The Morgan fingerprint density at radius 3 is 1.51 bits per heavy atom. The van der Waals surface area contributed by atoms with Crippen LogP contribution < -0.4 is 18.9 Å². The molecule has 3 rings (SSSR count). The lowest BCUT2D eigenvalue weighted by atomic mass is 9.82. The minimum absolute atomic E-state index is 0.0501. The molecule has 0 saturated carbocycles. The molecule has 8 heteroatoms. The van der Waals surface area contributed by atoms with Crippen molar-refractivity contribution < 1.29 is 33.1 Å². The van der Waals surface area contributed by atoms with Crippen LogP contribution in [0.1, 0.15) is 47.9 Å². The second-order valence-corrected chi connectivity index (χ2v) is 10.3. The Morgan fingerprint density at radius 2 is 1.17 bits per heavy atom. The Bertz CT molecular complexity index is 1070. The number of carbonyl (C=O) groups excluding carboxylic acids is 2. The monoisotopic (exact) mass is 498 g/mol. The first-order valence-corrected chi connectivity index (χ1v) is 12.3. The molecule has 7 nitrogen and oxygen atoms in total. The third-order valence-electron chi connectivity index (χ3n) is 5.67. The van der Waals surface area contributed by atoms with Crippen molar-refractivity contribution in [2.45, 2.75) is 27.2 Å². The van der Waals surface area contributed by atoms with E-state index in [2.05, 4.69) is 13.8 Å². The molecule has 0 amide bonds. The predicted molar refractivity (Wildman–Crippen MR) is 136 cm³/mol. The summed E-state index contributed by atoms with van der Waals surface area (Å²) in [5.41, 5.74) is 0.111. The summed E-state index contributed by atoms with van der Waals surface area (Å²) in [6.45, 7) is 6.17. The highest BCUT2D eigenvalue weighted by atomic mass is 31.1. The summed E-state index contributed by atoms with van der Waals surface area (Å²) < 4.78 is 28.0. The molecule has 0 bridgehead atoms. The lowest BCUT2D eigenvalue weighted by molar-refractivity contribution is 0.102. The van der Waals surface area contributed by atoms with Crippen LogP contribution in [0, 0.1) is 5.41 Å². The van der Waals surface area contributed by atoms with Crippen LogP contribution in [0.25, 0.3) is 0 Å². The van der Waals surface area contributed by atoms with Crippen molar-refractivity contribution in [1.82, 2.24) is 0 Å². The summed E-state index contributed by atoms with van der Waals surface area (Å²) in [7, 11) is 3.42. The number of benzene rings is 2. The van der Waals surface area contributed by atoms with Crippen molar-refractivity contribution in [3.8, 4) is 23.0 Å². The molecule has 0 spiro atoms. The summed E-state index contributed by atoms with van der Waals surface area (Å²) in [5.74, 6) is 1.65. The van der Waals surface area contributed by atoms with Gasteiger partial charge in [-0.3, -0.25) is 9.59 Å². The quantitative estimate of drug-likeness (QED) is 0.352. The third-order valence-corrected chi connectivity index (χ3v) is 7.23. The maximum atomic E-state index is 14.0. The van der Waals surface area contributed by atoms with Crippen LogP contribution in [0.3, 0.4) is 0 Å². The van der Waals surface area contributed by atoms with Gasteiger partial charge >= 0.3 is 0 Å². The van der Waals surface area contributed by atoms with E-state index in [1.165, 1.54) is 28.4 Å². The summed E-state index contributed by atoms with van der Waals surface area (Å²) >= 11 is 0. The number of methoxy groups -OCH3 is 4. The Labute approximate surface area is 207 Å². The SMILES string of the molecule is COc1cccc(OC)c1C(=O)P(OC1=C(C)CC(C)(C)C=C1)C(=O)c1c(OC)cccc1OC. The average molecular weight is 499 g/mol. The lowest BCUT2D eigenvalue weighted by Crippen LogP contribution is -2.16. The zero-order valence-electron chi connectivity index (χ0n) is 21.1. The molecule has 0 heterocycles. The molecule has 1 aliphatic carbocycles. The minimum atomic E-state index is -2.41. The van der Waals surface area contributed by atoms with Gasteiger partial charge in [-0.05, 0) is 54.7 Å². The first kappa shape index (κ1) is 26.3. The van der Waals surface area contributed by atoms with Gasteiger partial charge in [0.05, 0.1) is 28.4 Å². The maximum Gasteiger partial charge on any atom is 0.239 e. The van der Waals surface area contributed by atoms with Gasteiger partial charge in [-0.15, -0.1) is 0 Å². The number of hydrogen-bond donors (Lipinski definition) is 0. The molecule has 0 radical (unpaired) electrons. The molecule has 0 N–H and O–H groups in total. The van der Waals surface area contributed by atoms with Gasteiger partial charge in [0.15, 0.2) is 0 Å². The van der Waals surface area contributed by atoms with Crippen molar-refractivity contribution in [3.63, 3.8) is 0 Å². The fraction of sp³-hybridized carbons (Fsp3) is 0.333. The van der Waals surface area contributed by atoms with Crippen LogP contribution >= 0.6 is 8.15 Å². The molecule has 0 unspecified atom stereocenters. The van der Waals surface area contributed by atoms with Gasteiger partial charge in [0.2, 0.25) is 19.2 Å². The fourth-order valence-corrected chi connectivity index (χ4v) is 5.59. The molecule has 0 fully saturated rings. The van der Waals surface area contributed by atoms with E-state index < -0.39 is 19.2 Å². The Morgan fingerprint density at radius 1 is 0.771 bits per heavy atom. The van der Waals surface area contributed by atoms with Crippen LogP contribution in [-0.2, 0) is 4.52 Å². The molecule has 0 aliphatic heterocycles. The van der Waals surface area contributed by atoms with E-state index in [0.717, 1.165) is 12.0 Å². The van der Waals surface area contributed by atoms with E-state index in [4.69, 9.17) is 23.5 Å². The number of carbonyl (C=O) groups is 2. The van der Waals surface area contributed by atoms with Crippen LogP contribution in [0.5, 0.6) is 23.0 Å². The van der Waals surface area contributed by atoms with Crippen molar-refractivity contribution in [3.05, 3.63) is 71.0 Å². The molecule has 186 valence electrons. The molecule has 0 aromatic heterocycles. The number of ether oxygens (including phenoxy) is 4. The second kappa shape index (κ2) is 11.0. The van der Waals surface area contributed by atoms with Gasteiger partial charge in [-0.1, -0.05) is 32.1 Å². The van der Waals surface area contributed by atoms with Gasteiger partial charge in [0.1, 0.15) is 39.9 Å². The number of rotatable bonds is 10. The smallest absolute Gasteiger partial charge is 0.239 e. The van der Waals surface area contributed by atoms with Gasteiger partial charge < -0.3 is 23.5 Å². The zero-order valence-corrected chi connectivity index (χ0v) is 22.0. The standard InChI is InChI=1S/C27H31O7P/c1-17-16-27(2,3)15-14-18(17)34-35(25(28)23-19(30-4)10-8-11-20(23)31-5)26(29)24-21(32-6)12-9-13-22(24)33-7/h8-15H,16H2,1-7H3. The first-order chi connectivity index (χ1) is 16.7. The van der Waals surface area contributed by atoms with Gasteiger partial charge in [-0.25, -0.2) is 0 Å². The van der Waals surface area contributed by atoms with E-state index >= 15 is 0 Å². The van der Waals surface area contributed by atoms with Crippen LogP contribution in [0.15, 0.2) is 59.9 Å². The summed E-state index contributed by atoms with van der Waals surface area (Å²) in [5, 5.41) is 0. The van der Waals surface area contributed by atoms with E-state index in [1.54, 1.807) is 36.4 Å².